The summed E-state index contributed by atoms with van der Waals surface area (Å²) in [6.07, 6.45) is 1.87. The Morgan fingerprint density at radius 1 is 1.42 bits per heavy atom. The lowest BCUT2D eigenvalue weighted by molar-refractivity contribution is 0.0685. The van der Waals surface area contributed by atoms with Gasteiger partial charge in [0.15, 0.2) is 11.5 Å². The van der Waals surface area contributed by atoms with Gasteiger partial charge in [-0.15, -0.1) is 0 Å². The number of halogens is 1. The SMILES string of the molecule is O=C(O)c1cc(Cn2ccc3cccc(Cl)c32)on1. The van der Waals surface area contributed by atoms with Crippen LogP contribution in [0.2, 0.25) is 5.02 Å². The van der Waals surface area contributed by atoms with Gasteiger partial charge >= 0.3 is 5.97 Å². The molecule has 0 atom stereocenters. The third kappa shape index (κ3) is 2.08. The first-order valence-corrected chi connectivity index (χ1v) is 5.95. The fourth-order valence-electron chi connectivity index (χ4n) is 2.00. The van der Waals surface area contributed by atoms with Crippen molar-refractivity contribution < 1.29 is 14.4 Å². The summed E-state index contributed by atoms with van der Waals surface area (Å²) in [6.45, 7) is 0.382. The minimum atomic E-state index is -1.11. The molecule has 3 rings (SSSR count). The van der Waals surface area contributed by atoms with Gasteiger partial charge in [-0.25, -0.2) is 4.79 Å². The highest BCUT2D eigenvalue weighted by molar-refractivity contribution is 6.35. The standard InChI is InChI=1S/C13H9ClN2O3/c14-10-3-1-2-8-4-5-16(12(8)10)7-9-6-11(13(17)18)15-19-9/h1-6H,7H2,(H,17,18). The molecule has 0 saturated carbocycles. The minimum absolute atomic E-state index is 0.0995. The van der Waals surface area contributed by atoms with Crippen molar-refractivity contribution in [3.8, 4) is 0 Å². The Morgan fingerprint density at radius 3 is 3.00 bits per heavy atom. The monoisotopic (exact) mass is 276 g/mol. The first kappa shape index (κ1) is 11.8. The number of hydrogen-bond acceptors (Lipinski definition) is 3. The van der Waals surface area contributed by atoms with Crippen LogP contribution in [-0.2, 0) is 6.54 Å². The van der Waals surface area contributed by atoms with Crippen molar-refractivity contribution >= 4 is 28.5 Å². The van der Waals surface area contributed by atoms with Crippen molar-refractivity contribution in [3.05, 3.63) is 53.0 Å². The van der Waals surface area contributed by atoms with E-state index in [-0.39, 0.29) is 5.69 Å². The number of rotatable bonds is 3. The summed E-state index contributed by atoms with van der Waals surface area (Å²) < 4.78 is 6.89. The zero-order valence-corrected chi connectivity index (χ0v) is 10.5. The van der Waals surface area contributed by atoms with Crippen LogP contribution in [0.1, 0.15) is 16.2 Å². The highest BCUT2D eigenvalue weighted by Crippen LogP contribution is 2.25. The molecule has 5 nitrogen and oxygen atoms in total. The average Bonchev–Trinajstić information content (AvgIpc) is 2.98. The normalized spacial score (nSPS) is 11.0. The minimum Gasteiger partial charge on any atom is -0.476 e. The van der Waals surface area contributed by atoms with E-state index in [4.69, 9.17) is 21.2 Å². The van der Waals surface area contributed by atoms with Crippen molar-refractivity contribution in [2.45, 2.75) is 6.54 Å². The molecule has 0 aliphatic carbocycles. The number of aromatic carboxylic acids is 1. The summed E-state index contributed by atoms with van der Waals surface area (Å²) >= 11 is 6.16. The fraction of sp³-hybridized carbons (Fsp3) is 0.0769. The smallest absolute Gasteiger partial charge is 0.358 e. The van der Waals surface area contributed by atoms with Crippen molar-refractivity contribution in [3.63, 3.8) is 0 Å². The number of para-hydroxylation sites is 1. The number of benzene rings is 1. The molecule has 0 spiro atoms. The van der Waals surface area contributed by atoms with Gasteiger partial charge in [0, 0.05) is 17.6 Å². The van der Waals surface area contributed by atoms with Crippen molar-refractivity contribution in [2.75, 3.05) is 0 Å². The quantitative estimate of drug-likeness (QED) is 0.798. The molecule has 0 fully saturated rings. The summed E-state index contributed by atoms with van der Waals surface area (Å²) in [7, 11) is 0. The molecule has 6 heteroatoms. The van der Waals surface area contributed by atoms with Crippen LogP contribution in [0.25, 0.3) is 10.9 Å². The number of nitrogens with zero attached hydrogens (tertiary/aromatic N) is 2. The van der Waals surface area contributed by atoms with Gasteiger partial charge in [0.05, 0.1) is 17.1 Å². The number of carbonyl (C=O) groups is 1. The Balaban J connectivity index is 1.98. The molecule has 1 aromatic carbocycles. The lowest BCUT2D eigenvalue weighted by Crippen LogP contribution is -1.97. The van der Waals surface area contributed by atoms with E-state index in [9.17, 15) is 4.79 Å². The molecule has 0 aliphatic rings. The molecule has 1 N–H and O–H groups in total. The molecule has 0 aliphatic heterocycles. The first-order valence-electron chi connectivity index (χ1n) is 5.57. The van der Waals surface area contributed by atoms with Crippen molar-refractivity contribution in [2.24, 2.45) is 0 Å². The zero-order valence-electron chi connectivity index (χ0n) is 9.71. The molecule has 2 aromatic heterocycles. The van der Waals surface area contributed by atoms with Gasteiger partial charge in [0.2, 0.25) is 0 Å². The van der Waals surface area contributed by atoms with E-state index in [2.05, 4.69) is 5.16 Å². The molecule has 96 valence electrons. The molecule has 3 aromatic rings. The summed E-state index contributed by atoms with van der Waals surface area (Å²) in [6, 6.07) is 9.00. The first-order chi connectivity index (χ1) is 9.15. The molecule has 0 bridgehead atoms. The number of aromatic nitrogens is 2. The molecule has 0 radical (unpaired) electrons. The summed E-state index contributed by atoms with van der Waals surface area (Å²) in [5, 5.41) is 13.9. The van der Waals surface area contributed by atoms with Crippen molar-refractivity contribution in [1.29, 1.82) is 0 Å². The predicted octanol–water partition coefficient (Wildman–Crippen LogP) is 3.03. The maximum atomic E-state index is 10.7. The van der Waals surface area contributed by atoms with Gasteiger partial charge in [0.25, 0.3) is 0 Å². The van der Waals surface area contributed by atoms with Gasteiger partial charge in [-0.05, 0) is 12.1 Å². The van der Waals surface area contributed by atoms with Crippen LogP contribution in [0.15, 0.2) is 41.1 Å². The second kappa shape index (κ2) is 4.44. The summed E-state index contributed by atoms with van der Waals surface area (Å²) in [5.41, 5.74) is 0.787. The number of fused-ring (bicyclic) bond motifs is 1. The van der Waals surface area contributed by atoms with Crippen LogP contribution in [0, 0.1) is 0 Å². The highest BCUT2D eigenvalue weighted by atomic mass is 35.5. The van der Waals surface area contributed by atoms with E-state index in [1.54, 1.807) is 0 Å². The molecule has 0 saturated heterocycles. The van der Waals surface area contributed by atoms with E-state index >= 15 is 0 Å². The summed E-state index contributed by atoms with van der Waals surface area (Å²) in [4.78, 5) is 10.7. The Bertz CT molecular complexity index is 760. The van der Waals surface area contributed by atoms with E-state index < -0.39 is 5.97 Å². The highest BCUT2D eigenvalue weighted by Gasteiger charge is 2.12. The number of hydrogen-bond donors (Lipinski definition) is 1. The maximum Gasteiger partial charge on any atom is 0.358 e. The molecule has 0 unspecified atom stereocenters. The lowest BCUT2D eigenvalue weighted by atomic mass is 10.2. The maximum absolute atomic E-state index is 10.7. The third-order valence-corrected chi connectivity index (χ3v) is 3.15. The van der Waals surface area contributed by atoms with E-state index in [0.717, 1.165) is 10.9 Å². The molecular formula is C13H9ClN2O3. The predicted molar refractivity (Wildman–Crippen MR) is 69.5 cm³/mol. The van der Waals surface area contributed by atoms with Gasteiger partial charge in [-0.2, -0.15) is 0 Å². The van der Waals surface area contributed by atoms with Crippen LogP contribution < -0.4 is 0 Å². The Morgan fingerprint density at radius 2 is 2.26 bits per heavy atom. The third-order valence-electron chi connectivity index (χ3n) is 2.84. The average molecular weight is 277 g/mol. The van der Waals surface area contributed by atoms with Gasteiger partial charge in [-0.3, -0.25) is 0 Å². The van der Waals surface area contributed by atoms with E-state index in [1.165, 1.54) is 6.07 Å². The second-order valence-electron chi connectivity index (χ2n) is 4.10. The molecular weight excluding hydrogens is 268 g/mol. The van der Waals surface area contributed by atoms with E-state index in [0.29, 0.717) is 17.3 Å². The van der Waals surface area contributed by atoms with E-state index in [1.807, 2.05) is 35.0 Å². The fourth-order valence-corrected chi connectivity index (χ4v) is 2.29. The number of carboxylic acids is 1. The van der Waals surface area contributed by atoms with Crippen LogP contribution in [0.4, 0.5) is 0 Å². The summed E-state index contributed by atoms with van der Waals surface area (Å²) in [5.74, 6) is -0.639. The van der Waals surface area contributed by atoms with Gasteiger partial charge in [-0.1, -0.05) is 28.9 Å². The number of carboxylic acid groups (broad SMARTS) is 1. The topological polar surface area (TPSA) is 68.3 Å². The molecule has 19 heavy (non-hydrogen) atoms. The van der Waals surface area contributed by atoms with Crippen LogP contribution in [0.5, 0.6) is 0 Å². The molecule has 2 heterocycles. The van der Waals surface area contributed by atoms with Crippen LogP contribution in [-0.4, -0.2) is 20.8 Å². The lowest BCUT2D eigenvalue weighted by Gasteiger charge is -2.03. The van der Waals surface area contributed by atoms with Gasteiger partial charge in [0.1, 0.15) is 0 Å². The van der Waals surface area contributed by atoms with Crippen LogP contribution in [0.3, 0.4) is 0 Å². The Kier molecular flexibility index (Phi) is 2.76. The largest absolute Gasteiger partial charge is 0.476 e. The van der Waals surface area contributed by atoms with Crippen molar-refractivity contribution in [1.82, 2.24) is 9.72 Å². The second-order valence-corrected chi connectivity index (χ2v) is 4.51. The van der Waals surface area contributed by atoms with Gasteiger partial charge < -0.3 is 14.2 Å². The molecule has 0 amide bonds. The Labute approximate surface area is 113 Å². The zero-order chi connectivity index (χ0) is 13.4. The van der Waals surface area contributed by atoms with Crippen LogP contribution >= 0.6 is 11.6 Å². The Hall–Kier alpha value is -2.27.